The Kier molecular flexibility index (Phi) is 6.72. The highest BCUT2D eigenvalue weighted by atomic mass is 16.5. The predicted molar refractivity (Wildman–Crippen MR) is 89.6 cm³/mol. The van der Waals surface area contributed by atoms with Crippen molar-refractivity contribution in [1.29, 1.82) is 0 Å². The topological polar surface area (TPSA) is 21.3 Å². The summed E-state index contributed by atoms with van der Waals surface area (Å²) >= 11 is 0. The molecule has 0 radical (unpaired) electrons. The highest BCUT2D eigenvalue weighted by Gasteiger charge is 2.23. The van der Waals surface area contributed by atoms with Crippen molar-refractivity contribution >= 4 is 0 Å². The van der Waals surface area contributed by atoms with Gasteiger partial charge < -0.3 is 10.1 Å². The number of hydrogen-bond acceptors (Lipinski definition) is 2. The van der Waals surface area contributed by atoms with Crippen molar-refractivity contribution in [3.8, 4) is 0 Å². The van der Waals surface area contributed by atoms with Crippen molar-refractivity contribution in [3.63, 3.8) is 0 Å². The molecule has 2 nitrogen and oxygen atoms in total. The summed E-state index contributed by atoms with van der Waals surface area (Å²) in [5, 5.41) is 3.57. The van der Waals surface area contributed by atoms with E-state index in [-0.39, 0.29) is 0 Å². The van der Waals surface area contributed by atoms with Gasteiger partial charge in [0.05, 0.1) is 18.8 Å². The molecule has 0 heterocycles. The van der Waals surface area contributed by atoms with Gasteiger partial charge in [-0.25, -0.2) is 0 Å². The van der Waals surface area contributed by atoms with Crippen LogP contribution >= 0.6 is 0 Å². The highest BCUT2D eigenvalue weighted by molar-refractivity contribution is 5.25. The van der Waals surface area contributed by atoms with E-state index in [2.05, 4.69) is 50.4 Å². The minimum absolute atomic E-state index is 0.315. The van der Waals surface area contributed by atoms with Gasteiger partial charge in [0.2, 0.25) is 0 Å². The first-order chi connectivity index (χ1) is 10.2. The minimum Gasteiger partial charge on any atom is -0.376 e. The number of benzene rings is 1. The Morgan fingerprint density at radius 2 is 1.86 bits per heavy atom. The molecule has 1 aromatic rings. The highest BCUT2D eigenvalue weighted by Crippen LogP contribution is 2.27. The first-order valence-corrected chi connectivity index (χ1v) is 8.68. The van der Waals surface area contributed by atoms with Gasteiger partial charge in [-0.3, -0.25) is 0 Å². The van der Waals surface area contributed by atoms with Crippen molar-refractivity contribution in [3.05, 3.63) is 35.4 Å². The van der Waals surface area contributed by atoms with Crippen molar-refractivity contribution in [2.24, 2.45) is 5.92 Å². The lowest BCUT2D eigenvalue weighted by Crippen LogP contribution is -2.31. The molecule has 1 aliphatic rings. The average Bonchev–Trinajstić information content (AvgIpc) is 2.53. The zero-order chi connectivity index (χ0) is 15.1. The van der Waals surface area contributed by atoms with Crippen LogP contribution in [0.15, 0.2) is 24.3 Å². The van der Waals surface area contributed by atoms with E-state index in [0.29, 0.717) is 18.1 Å². The van der Waals surface area contributed by atoms with Gasteiger partial charge in [-0.2, -0.15) is 0 Å². The molecular formula is C19H31NO. The SMILES string of the molecule is CCNC(COC1CCCCC1C)c1ccc(CC)cc1. The average molecular weight is 289 g/mol. The van der Waals surface area contributed by atoms with Gasteiger partial charge in [0.25, 0.3) is 0 Å². The molecule has 1 saturated carbocycles. The summed E-state index contributed by atoms with van der Waals surface area (Å²) in [5.74, 6) is 0.712. The van der Waals surface area contributed by atoms with E-state index in [1.807, 2.05) is 0 Å². The molecule has 1 aliphatic carbocycles. The van der Waals surface area contributed by atoms with E-state index in [1.165, 1.54) is 36.8 Å². The van der Waals surface area contributed by atoms with Gasteiger partial charge in [0.15, 0.2) is 0 Å². The molecule has 1 aromatic carbocycles. The molecule has 0 aromatic heterocycles. The van der Waals surface area contributed by atoms with E-state index in [4.69, 9.17) is 4.74 Å². The minimum atomic E-state index is 0.315. The first-order valence-electron chi connectivity index (χ1n) is 8.68. The fraction of sp³-hybridized carbons (Fsp3) is 0.684. The molecule has 21 heavy (non-hydrogen) atoms. The number of aryl methyl sites for hydroxylation is 1. The molecule has 118 valence electrons. The maximum Gasteiger partial charge on any atom is 0.0665 e. The van der Waals surface area contributed by atoms with Crippen LogP contribution in [0, 0.1) is 5.92 Å². The molecule has 0 aliphatic heterocycles. The number of ether oxygens (including phenoxy) is 1. The quantitative estimate of drug-likeness (QED) is 0.798. The Labute approximate surface area is 130 Å². The van der Waals surface area contributed by atoms with Crippen LogP contribution in [0.4, 0.5) is 0 Å². The van der Waals surface area contributed by atoms with Crippen LogP contribution in [-0.4, -0.2) is 19.3 Å². The van der Waals surface area contributed by atoms with Crippen LogP contribution in [0.25, 0.3) is 0 Å². The summed E-state index contributed by atoms with van der Waals surface area (Å²) in [6.07, 6.45) is 6.80. The summed E-state index contributed by atoms with van der Waals surface area (Å²) in [5.41, 5.74) is 2.74. The van der Waals surface area contributed by atoms with Gasteiger partial charge >= 0.3 is 0 Å². The summed E-state index contributed by atoms with van der Waals surface area (Å²) in [6.45, 7) is 8.46. The largest absolute Gasteiger partial charge is 0.376 e. The lowest BCUT2D eigenvalue weighted by Gasteiger charge is -2.30. The van der Waals surface area contributed by atoms with Gasteiger partial charge in [-0.1, -0.05) is 57.9 Å². The second kappa shape index (κ2) is 8.55. The van der Waals surface area contributed by atoms with Gasteiger partial charge in [0, 0.05) is 0 Å². The van der Waals surface area contributed by atoms with E-state index in [1.54, 1.807) is 0 Å². The smallest absolute Gasteiger partial charge is 0.0665 e. The normalized spacial score (nSPS) is 24.0. The van der Waals surface area contributed by atoms with Gasteiger partial charge in [-0.05, 0) is 42.9 Å². The third-order valence-electron chi connectivity index (χ3n) is 4.75. The zero-order valence-electron chi connectivity index (χ0n) is 13.9. The molecule has 0 amide bonds. The molecule has 3 atom stereocenters. The van der Waals surface area contributed by atoms with E-state index in [0.717, 1.165) is 19.6 Å². The summed E-state index contributed by atoms with van der Waals surface area (Å²) in [4.78, 5) is 0. The second-order valence-electron chi connectivity index (χ2n) is 6.34. The Morgan fingerprint density at radius 3 is 2.48 bits per heavy atom. The zero-order valence-corrected chi connectivity index (χ0v) is 13.9. The molecule has 0 saturated heterocycles. The van der Waals surface area contributed by atoms with Crippen LogP contribution in [0.5, 0.6) is 0 Å². The van der Waals surface area contributed by atoms with Crippen LogP contribution in [0.2, 0.25) is 0 Å². The fourth-order valence-corrected chi connectivity index (χ4v) is 3.25. The summed E-state index contributed by atoms with van der Waals surface area (Å²) in [7, 11) is 0. The van der Waals surface area contributed by atoms with Crippen molar-refractivity contribution < 1.29 is 4.74 Å². The van der Waals surface area contributed by atoms with E-state index >= 15 is 0 Å². The standard InChI is InChI=1S/C19H31NO/c1-4-16-10-12-17(13-11-16)18(20-5-2)14-21-19-9-7-6-8-15(19)3/h10-13,15,18-20H,4-9,14H2,1-3H3. The van der Waals surface area contributed by atoms with Crippen molar-refractivity contribution in [2.45, 2.75) is 65.0 Å². The molecule has 2 heteroatoms. The Balaban J connectivity index is 1.94. The first kappa shape index (κ1) is 16.5. The molecule has 3 unspecified atom stereocenters. The fourth-order valence-electron chi connectivity index (χ4n) is 3.25. The lowest BCUT2D eigenvalue weighted by molar-refractivity contribution is -0.0151. The van der Waals surface area contributed by atoms with Crippen LogP contribution in [0.1, 0.15) is 63.6 Å². The molecule has 1 fully saturated rings. The molecule has 0 bridgehead atoms. The molecule has 1 N–H and O–H groups in total. The Morgan fingerprint density at radius 1 is 1.14 bits per heavy atom. The number of hydrogen-bond donors (Lipinski definition) is 1. The third kappa shape index (κ3) is 4.82. The molecule has 2 rings (SSSR count). The summed E-state index contributed by atoms with van der Waals surface area (Å²) in [6, 6.07) is 9.29. The number of nitrogens with one attached hydrogen (secondary N) is 1. The van der Waals surface area contributed by atoms with E-state index < -0.39 is 0 Å². The Hall–Kier alpha value is -0.860. The van der Waals surface area contributed by atoms with Crippen LogP contribution < -0.4 is 5.32 Å². The van der Waals surface area contributed by atoms with Crippen molar-refractivity contribution in [1.82, 2.24) is 5.32 Å². The third-order valence-corrected chi connectivity index (χ3v) is 4.75. The maximum atomic E-state index is 6.26. The predicted octanol–water partition coefficient (Wildman–Crippen LogP) is 4.49. The number of likely N-dealkylation sites (N-methyl/N-ethyl adjacent to an activating group) is 1. The lowest BCUT2D eigenvalue weighted by atomic mass is 9.88. The van der Waals surface area contributed by atoms with E-state index in [9.17, 15) is 0 Å². The van der Waals surface area contributed by atoms with Gasteiger partial charge in [-0.15, -0.1) is 0 Å². The second-order valence-corrected chi connectivity index (χ2v) is 6.34. The van der Waals surface area contributed by atoms with Crippen LogP contribution in [0.3, 0.4) is 0 Å². The van der Waals surface area contributed by atoms with Crippen molar-refractivity contribution in [2.75, 3.05) is 13.2 Å². The Bertz CT molecular complexity index is 401. The summed E-state index contributed by atoms with van der Waals surface area (Å²) < 4.78 is 6.26. The van der Waals surface area contributed by atoms with Crippen LogP contribution in [-0.2, 0) is 11.2 Å². The molecular weight excluding hydrogens is 258 g/mol. The number of rotatable bonds is 7. The molecule has 0 spiro atoms. The van der Waals surface area contributed by atoms with Gasteiger partial charge in [0.1, 0.15) is 0 Å². The monoisotopic (exact) mass is 289 g/mol. The maximum absolute atomic E-state index is 6.26.